The number of aliphatic hydroxyl groups is 1. The second kappa shape index (κ2) is 12.5. The summed E-state index contributed by atoms with van der Waals surface area (Å²) in [5.41, 5.74) is 0.495. The standard InChI is InChI=1S/C11H16O8.C8H9NO2/c1-5(12)16-4-8-9(17-6(2)13)10(11(15)19-8)18-7(3)14;1-2-11-8(10)7-4-3-5-9-6-7/h8-11,15H,4H2,1-3H3;3-6H,2H2,1H3/t8-,9-,10-,11?;/m1./s1. The van der Waals surface area contributed by atoms with Crippen LogP contribution in [-0.4, -0.2) is 71.8 Å². The lowest BCUT2D eigenvalue weighted by molar-refractivity contribution is -0.174. The highest BCUT2D eigenvalue weighted by Gasteiger charge is 2.49. The van der Waals surface area contributed by atoms with Gasteiger partial charge in [-0.05, 0) is 19.1 Å². The molecule has 166 valence electrons. The molecule has 1 aromatic rings. The fourth-order valence-corrected chi connectivity index (χ4v) is 2.39. The molecule has 11 nitrogen and oxygen atoms in total. The van der Waals surface area contributed by atoms with E-state index in [0.29, 0.717) is 12.2 Å². The minimum absolute atomic E-state index is 0.220. The maximum atomic E-state index is 11.0. The molecule has 1 aromatic heterocycles. The molecular formula is C19H25NO10. The van der Waals surface area contributed by atoms with E-state index in [9.17, 15) is 24.3 Å². The van der Waals surface area contributed by atoms with E-state index < -0.39 is 42.5 Å². The third kappa shape index (κ3) is 8.53. The van der Waals surface area contributed by atoms with Crippen LogP contribution >= 0.6 is 0 Å². The van der Waals surface area contributed by atoms with Gasteiger partial charge in [0, 0.05) is 33.2 Å². The third-order valence-electron chi connectivity index (χ3n) is 3.51. The molecule has 0 radical (unpaired) electrons. The predicted molar refractivity (Wildman–Crippen MR) is 98.8 cm³/mol. The molecule has 4 atom stereocenters. The van der Waals surface area contributed by atoms with Crippen LogP contribution < -0.4 is 0 Å². The summed E-state index contributed by atoms with van der Waals surface area (Å²) in [6, 6.07) is 3.37. The first kappa shape index (κ1) is 25.0. The Kier molecular flexibility index (Phi) is 10.4. The van der Waals surface area contributed by atoms with Crippen LogP contribution in [0, 0.1) is 0 Å². The molecule has 0 spiro atoms. The second-order valence-corrected chi connectivity index (χ2v) is 5.98. The number of carbonyl (C=O) groups excluding carboxylic acids is 4. The number of hydrogen-bond acceptors (Lipinski definition) is 11. The Morgan fingerprint density at radius 3 is 2.17 bits per heavy atom. The largest absolute Gasteiger partial charge is 0.463 e. The highest BCUT2D eigenvalue weighted by Crippen LogP contribution is 2.26. The van der Waals surface area contributed by atoms with Crippen LogP contribution in [0.25, 0.3) is 0 Å². The van der Waals surface area contributed by atoms with Crippen molar-refractivity contribution in [3.8, 4) is 0 Å². The minimum atomic E-state index is -1.45. The number of esters is 4. The van der Waals surface area contributed by atoms with Crippen molar-refractivity contribution in [2.75, 3.05) is 13.2 Å². The maximum absolute atomic E-state index is 11.0. The van der Waals surface area contributed by atoms with Gasteiger partial charge in [0.1, 0.15) is 12.7 Å². The zero-order valence-corrected chi connectivity index (χ0v) is 17.1. The summed E-state index contributed by atoms with van der Waals surface area (Å²) in [5, 5.41) is 9.63. The first-order chi connectivity index (χ1) is 14.1. The molecule has 1 unspecified atom stereocenters. The number of rotatable bonds is 6. The summed E-state index contributed by atoms with van der Waals surface area (Å²) in [6.45, 7) is 5.47. The molecule has 1 aliphatic rings. The zero-order valence-electron chi connectivity index (χ0n) is 17.1. The molecule has 0 bridgehead atoms. The van der Waals surface area contributed by atoms with Crippen molar-refractivity contribution < 1.29 is 48.0 Å². The first-order valence-electron chi connectivity index (χ1n) is 9.04. The van der Waals surface area contributed by atoms with Crippen molar-refractivity contribution in [3.63, 3.8) is 0 Å². The topological polar surface area (TPSA) is 148 Å². The molecule has 0 saturated carbocycles. The van der Waals surface area contributed by atoms with E-state index >= 15 is 0 Å². The van der Waals surface area contributed by atoms with Gasteiger partial charge in [-0.2, -0.15) is 0 Å². The summed E-state index contributed by atoms with van der Waals surface area (Å²) in [6.07, 6.45) is -1.43. The van der Waals surface area contributed by atoms with E-state index in [-0.39, 0.29) is 12.6 Å². The molecule has 1 fully saturated rings. The fraction of sp³-hybridized carbons (Fsp3) is 0.526. The number of carbonyl (C=O) groups is 4. The first-order valence-corrected chi connectivity index (χ1v) is 9.04. The average molecular weight is 427 g/mol. The van der Waals surface area contributed by atoms with Gasteiger partial charge >= 0.3 is 23.9 Å². The van der Waals surface area contributed by atoms with E-state index in [1.165, 1.54) is 20.0 Å². The lowest BCUT2D eigenvalue weighted by Crippen LogP contribution is -2.41. The predicted octanol–water partition coefficient (Wildman–Crippen LogP) is 0.388. The van der Waals surface area contributed by atoms with E-state index in [4.69, 9.17) is 23.7 Å². The zero-order chi connectivity index (χ0) is 22.7. The molecule has 1 aliphatic heterocycles. The maximum Gasteiger partial charge on any atom is 0.339 e. The van der Waals surface area contributed by atoms with Gasteiger partial charge in [-0.25, -0.2) is 4.79 Å². The van der Waals surface area contributed by atoms with E-state index in [1.54, 1.807) is 25.3 Å². The van der Waals surface area contributed by atoms with Crippen LogP contribution in [0.3, 0.4) is 0 Å². The number of aromatic nitrogens is 1. The van der Waals surface area contributed by atoms with Crippen molar-refractivity contribution in [2.24, 2.45) is 0 Å². The van der Waals surface area contributed by atoms with Crippen LogP contribution in [0.15, 0.2) is 24.5 Å². The number of ether oxygens (including phenoxy) is 5. The molecular weight excluding hydrogens is 402 g/mol. The van der Waals surface area contributed by atoms with Crippen LogP contribution in [0.4, 0.5) is 0 Å². The Morgan fingerprint density at radius 1 is 1.03 bits per heavy atom. The van der Waals surface area contributed by atoms with Crippen LogP contribution in [0.5, 0.6) is 0 Å². The van der Waals surface area contributed by atoms with Crippen molar-refractivity contribution in [1.82, 2.24) is 4.98 Å². The number of nitrogens with zero attached hydrogens (tertiary/aromatic N) is 1. The van der Waals surface area contributed by atoms with Crippen molar-refractivity contribution in [2.45, 2.75) is 52.3 Å². The summed E-state index contributed by atoms with van der Waals surface area (Å²) in [4.78, 5) is 47.5. The summed E-state index contributed by atoms with van der Waals surface area (Å²) in [7, 11) is 0. The highest BCUT2D eigenvalue weighted by molar-refractivity contribution is 5.88. The Balaban J connectivity index is 0.000000346. The number of pyridine rings is 1. The van der Waals surface area contributed by atoms with Crippen molar-refractivity contribution in [1.29, 1.82) is 0 Å². The van der Waals surface area contributed by atoms with Gasteiger partial charge in [0.25, 0.3) is 0 Å². The molecule has 1 saturated heterocycles. The minimum Gasteiger partial charge on any atom is -0.463 e. The normalized spacial score (nSPS) is 22.2. The van der Waals surface area contributed by atoms with Gasteiger partial charge in [-0.15, -0.1) is 0 Å². The molecule has 0 aliphatic carbocycles. The van der Waals surface area contributed by atoms with Gasteiger partial charge in [0.05, 0.1) is 12.2 Å². The molecule has 2 rings (SSSR count). The van der Waals surface area contributed by atoms with Crippen LogP contribution in [0.2, 0.25) is 0 Å². The van der Waals surface area contributed by atoms with E-state index in [2.05, 4.69) is 4.98 Å². The molecule has 1 N–H and O–H groups in total. The number of aliphatic hydroxyl groups excluding tert-OH is 1. The SMILES string of the molecule is CC(=O)OC[C@H]1OC(O)[C@H](OC(C)=O)[C@@H]1OC(C)=O.CCOC(=O)c1cccnc1. The molecule has 11 heteroatoms. The smallest absolute Gasteiger partial charge is 0.339 e. The van der Waals surface area contributed by atoms with Gasteiger partial charge in [0.15, 0.2) is 18.5 Å². The number of hydrogen-bond donors (Lipinski definition) is 1. The fourth-order valence-electron chi connectivity index (χ4n) is 2.39. The van der Waals surface area contributed by atoms with Gasteiger partial charge in [-0.1, -0.05) is 0 Å². The quantitative estimate of drug-likeness (QED) is 0.496. The highest BCUT2D eigenvalue weighted by atomic mass is 16.7. The molecule has 0 amide bonds. The third-order valence-corrected chi connectivity index (χ3v) is 3.51. The van der Waals surface area contributed by atoms with Crippen molar-refractivity contribution in [3.05, 3.63) is 30.1 Å². The van der Waals surface area contributed by atoms with Crippen molar-refractivity contribution >= 4 is 23.9 Å². The lowest BCUT2D eigenvalue weighted by Gasteiger charge is -2.21. The summed E-state index contributed by atoms with van der Waals surface area (Å²) >= 11 is 0. The second-order valence-electron chi connectivity index (χ2n) is 5.98. The van der Waals surface area contributed by atoms with Gasteiger partial charge in [-0.3, -0.25) is 19.4 Å². The Bertz CT molecular complexity index is 723. The lowest BCUT2D eigenvalue weighted by atomic mass is 10.1. The summed E-state index contributed by atoms with van der Waals surface area (Å²) in [5.74, 6) is -2.15. The van der Waals surface area contributed by atoms with E-state index in [1.807, 2.05) is 0 Å². The Hall–Kier alpha value is -3.05. The van der Waals surface area contributed by atoms with Gasteiger partial charge < -0.3 is 28.8 Å². The van der Waals surface area contributed by atoms with Crippen LogP contribution in [0.1, 0.15) is 38.1 Å². The molecule has 30 heavy (non-hydrogen) atoms. The molecule has 0 aromatic carbocycles. The average Bonchev–Trinajstić information content (AvgIpc) is 2.95. The van der Waals surface area contributed by atoms with E-state index in [0.717, 1.165) is 6.92 Å². The van der Waals surface area contributed by atoms with Crippen LogP contribution in [-0.2, 0) is 38.1 Å². The molecule has 2 heterocycles. The summed E-state index contributed by atoms with van der Waals surface area (Å²) < 4.78 is 24.3. The Labute approximate surface area is 173 Å². The van der Waals surface area contributed by atoms with Gasteiger partial charge in [0.2, 0.25) is 0 Å². The monoisotopic (exact) mass is 427 g/mol. The Morgan fingerprint density at radius 2 is 1.67 bits per heavy atom.